The zero-order chi connectivity index (χ0) is 18.0. The Kier molecular flexibility index (Phi) is 4.96. The zero-order valence-electron chi connectivity index (χ0n) is 13.2. The number of nitrogens with zero attached hydrogens (tertiary/aromatic N) is 1. The molecule has 1 aliphatic rings. The molecule has 0 radical (unpaired) electrons. The second-order valence-corrected chi connectivity index (χ2v) is 6.95. The molecule has 2 aromatic rings. The van der Waals surface area contributed by atoms with Crippen LogP contribution < -0.4 is 10.2 Å². The van der Waals surface area contributed by atoms with Crippen molar-refractivity contribution < 1.29 is 14.0 Å². The van der Waals surface area contributed by atoms with Crippen molar-refractivity contribution in [2.24, 2.45) is 0 Å². The van der Waals surface area contributed by atoms with Crippen molar-refractivity contribution in [2.75, 3.05) is 10.2 Å². The normalized spacial score (nSPS) is 15.8. The van der Waals surface area contributed by atoms with Gasteiger partial charge >= 0.3 is 0 Å². The summed E-state index contributed by atoms with van der Waals surface area (Å²) in [7, 11) is 0. The van der Waals surface area contributed by atoms with Crippen LogP contribution in [-0.2, 0) is 9.59 Å². The predicted molar refractivity (Wildman–Crippen MR) is 103 cm³/mol. The van der Waals surface area contributed by atoms with Gasteiger partial charge in [0.05, 0.1) is 10.6 Å². The van der Waals surface area contributed by atoms with Crippen molar-refractivity contribution in [3.63, 3.8) is 0 Å². The molecule has 0 aliphatic carbocycles. The van der Waals surface area contributed by atoms with Crippen molar-refractivity contribution in [3.05, 3.63) is 64.8 Å². The summed E-state index contributed by atoms with van der Waals surface area (Å²) in [5, 5.41) is 2.67. The Balaban J connectivity index is 1.85. The third-order valence-electron chi connectivity index (χ3n) is 3.42. The monoisotopic (exact) mass is 372 g/mol. The van der Waals surface area contributed by atoms with E-state index in [9.17, 15) is 14.0 Å². The summed E-state index contributed by atoms with van der Waals surface area (Å²) in [6.45, 7) is 1.43. The van der Waals surface area contributed by atoms with Gasteiger partial charge in [-0.25, -0.2) is 4.39 Å². The molecule has 1 fully saturated rings. The molecule has 0 atom stereocenters. The summed E-state index contributed by atoms with van der Waals surface area (Å²) in [4.78, 5) is 25.3. The van der Waals surface area contributed by atoms with Gasteiger partial charge in [0.15, 0.2) is 4.32 Å². The molecule has 1 N–H and O–H groups in total. The van der Waals surface area contributed by atoms with Crippen LogP contribution in [0.25, 0.3) is 6.08 Å². The number of carbonyl (C=O) groups excluding carboxylic acids is 2. The lowest BCUT2D eigenvalue weighted by Gasteiger charge is -2.14. The van der Waals surface area contributed by atoms with Crippen LogP contribution in [-0.4, -0.2) is 16.1 Å². The lowest BCUT2D eigenvalue weighted by atomic mass is 10.2. The molecule has 1 heterocycles. The van der Waals surface area contributed by atoms with Crippen molar-refractivity contribution in [3.8, 4) is 0 Å². The van der Waals surface area contributed by atoms with E-state index in [-0.39, 0.29) is 21.8 Å². The van der Waals surface area contributed by atoms with Gasteiger partial charge < -0.3 is 5.32 Å². The Labute approximate surface area is 153 Å². The number of rotatable bonds is 3. The van der Waals surface area contributed by atoms with Gasteiger partial charge in [0, 0.05) is 12.6 Å². The van der Waals surface area contributed by atoms with Crippen LogP contribution in [0.4, 0.5) is 15.8 Å². The van der Waals surface area contributed by atoms with E-state index in [0.717, 1.165) is 17.3 Å². The second-order valence-electron chi connectivity index (χ2n) is 5.27. The van der Waals surface area contributed by atoms with Gasteiger partial charge in [-0.05, 0) is 35.9 Å². The first-order valence-corrected chi connectivity index (χ1v) is 8.58. The van der Waals surface area contributed by atoms with Crippen molar-refractivity contribution in [1.82, 2.24) is 0 Å². The largest absolute Gasteiger partial charge is 0.326 e. The van der Waals surface area contributed by atoms with Gasteiger partial charge in [-0.1, -0.05) is 48.2 Å². The molecule has 0 saturated carbocycles. The highest BCUT2D eigenvalue weighted by molar-refractivity contribution is 8.27. The van der Waals surface area contributed by atoms with Gasteiger partial charge in [0.1, 0.15) is 5.82 Å². The molecule has 1 aliphatic heterocycles. The fourth-order valence-electron chi connectivity index (χ4n) is 2.33. The SMILES string of the molecule is CC(=O)Nc1ccc(/C=C2/SC(=S)N(c3ccccc3F)C2=O)cc1. The lowest BCUT2D eigenvalue weighted by molar-refractivity contribution is -0.114. The lowest BCUT2D eigenvalue weighted by Crippen LogP contribution is -2.28. The van der Waals surface area contributed by atoms with Crippen LogP contribution in [0.2, 0.25) is 0 Å². The minimum atomic E-state index is -0.500. The molecule has 1 saturated heterocycles. The third kappa shape index (κ3) is 3.78. The number of para-hydroxylation sites is 1. The Bertz CT molecular complexity index is 894. The molecular weight excluding hydrogens is 359 g/mol. The number of hydrogen-bond acceptors (Lipinski definition) is 4. The number of amides is 2. The van der Waals surface area contributed by atoms with E-state index < -0.39 is 5.82 Å². The minimum absolute atomic E-state index is 0.148. The van der Waals surface area contributed by atoms with Crippen LogP contribution in [0.5, 0.6) is 0 Å². The van der Waals surface area contributed by atoms with Gasteiger partial charge in [0.25, 0.3) is 5.91 Å². The highest BCUT2D eigenvalue weighted by atomic mass is 32.2. The van der Waals surface area contributed by atoms with Gasteiger partial charge in [-0.15, -0.1) is 0 Å². The molecule has 0 unspecified atom stereocenters. The summed E-state index contributed by atoms with van der Waals surface area (Å²) in [6, 6.07) is 13.1. The molecule has 7 heteroatoms. The van der Waals surface area contributed by atoms with E-state index in [2.05, 4.69) is 5.32 Å². The molecule has 0 bridgehead atoms. The number of nitrogens with one attached hydrogen (secondary N) is 1. The first kappa shape index (κ1) is 17.3. The maximum absolute atomic E-state index is 14.0. The average Bonchev–Trinajstić information content (AvgIpc) is 2.83. The molecule has 4 nitrogen and oxygen atoms in total. The molecule has 0 aromatic heterocycles. The third-order valence-corrected chi connectivity index (χ3v) is 4.72. The fourth-order valence-corrected chi connectivity index (χ4v) is 3.61. The Hall–Kier alpha value is -2.51. The van der Waals surface area contributed by atoms with Crippen LogP contribution in [0.1, 0.15) is 12.5 Å². The van der Waals surface area contributed by atoms with Crippen molar-refractivity contribution >= 4 is 57.6 Å². The smallest absolute Gasteiger partial charge is 0.270 e. The quantitative estimate of drug-likeness (QED) is 0.648. The second kappa shape index (κ2) is 7.16. The number of halogens is 1. The van der Waals surface area contributed by atoms with E-state index in [1.54, 1.807) is 42.5 Å². The number of carbonyl (C=O) groups is 2. The van der Waals surface area contributed by atoms with Crippen LogP contribution in [0.15, 0.2) is 53.4 Å². The molecule has 126 valence electrons. The highest BCUT2D eigenvalue weighted by Crippen LogP contribution is 2.36. The molecule has 3 rings (SSSR count). The summed E-state index contributed by atoms with van der Waals surface area (Å²) < 4.78 is 14.3. The molecule has 0 spiro atoms. The Morgan fingerprint density at radius 3 is 2.52 bits per heavy atom. The minimum Gasteiger partial charge on any atom is -0.326 e. The topological polar surface area (TPSA) is 49.4 Å². The average molecular weight is 372 g/mol. The number of anilines is 2. The predicted octanol–water partition coefficient (Wildman–Crippen LogP) is 4.19. The van der Waals surface area contributed by atoms with E-state index >= 15 is 0 Å². The van der Waals surface area contributed by atoms with Crippen LogP contribution in [0.3, 0.4) is 0 Å². The first-order chi connectivity index (χ1) is 12.0. The van der Waals surface area contributed by atoms with Crippen LogP contribution in [0, 0.1) is 5.82 Å². The Morgan fingerprint density at radius 1 is 1.20 bits per heavy atom. The van der Waals surface area contributed by atoms with Crippen LogP contribution >= 0.6 is 24.0 Å². The molecule has 2 amide bonds. The van der Waals surface area contributed by atoms with E-state index in [1.165, 1.54) is 24.0 Å². The molecule has 2 aromatic carbocycles. The fraction of sp³-hybridized carbons (Fsp3) is 0.0556. The number of hydrogen-bond donors (Lipinski definition) is 1. The summed E-state index contributed by atoms with van der Waals surface area (Å²) in [5.74, 6) is -1.01. The summed E-state index contributed by atoms with van der Waals surface area (Å²) >= 11 is 6.36. The highest BCUT2D eigenvalue weighted by Gasteiger charge is 2.34. The maximum atomic E-state index is 14.0. The van der Waals surface area contributed by atoms with Gasteiger partial charge in [-0.2, -0.15) is 0 Å². The van der Waals surface area contributed by atoms with Crippen molar-refractivity contribution in [1.29, 1.82) is 0 Å². The summed E-state index contributed by atoms with van der Waals surface area (Å²) in [6.07, 6.45) is 1.69. The maximum Gasteiger partial charge on any atom is 0.270 e. The number of thioether (sulfide) groups is 1. The first-order valence-electron chi connectivity index (χ1n) is 7.36. The van der Waals surface area contributed by atoms with E-state index in [0.29, 0.717) is 10.6 Å². The standard InChI is InChI=1S/C18H13FN2O2S2/c1-11(22)20-13-8-6-12(7-9-13)10-16-17(23)21(18(24)25-16)15-5-3-2-4-14(15)19/h2-10H,1H3,(H,20,22)/b16-10+. The zero-order valence-corrected chi connectivity index (χ0v) is 14.8. The Morgan fingerprint density at radius 2 is 1.88 bits per heavy atom. The van der Waals surface area contributed by atoms with Crippen molar-refractivity contribution in [2.45, 2.75) is 6.92 Å². The molecular formula is C18H13FN2O2S2. The van der Waals surface area contributed by atoms with E-state index in [4.69, 9.17) is 12.2 Å². The number of benzene rings is 2. The van der Waals surface area contributed by atoms with Gasteiger partial charge in [0.2, 0.25) is 5.91 Å². The van der Waals surface area contributed by atoms with E-state index in [1.807, 2.05) is 0 Å². The number of thiocarbonyl (C=S) groups is 1. The summed E-state index contributed by atoms with van der Waals surface area (Å²) in [5.41, 5.74) is 1.60. The molecule has 25 heavy (non-hydrogen) atoms. The van der Waals surface area contributed by atoms with Gasteiger partial charge in [-0.3, -0.25) is 14.5 Å².